The Hall–Kier alpha value is -2.12. The molecule has 0 saturated heterocycles. The van der Waals surface area contributed by atoms with Crippen LogP contribution >= 0.6 is 11.3 Å². The van der Waals surface area contributed by atoms with E-state index in [0.717, 1.165) is 35.5 Å². The van der Waals surface area contributed by atoms with Gasteiger partial charge in [-0.25, -0.2) is 9.98 Å². The summed E-state index contributed by atoms with van der Waals surface area (Å²) in [6.07, 6.45) is 0. The monoisotopic (exact) mass is 389 g/mol. The highest BCUT2D eigenvalue weighted by molar-refractivity contribution is 7.11. The largest absolute Gasteiger partial charge is 0.497 e. The highest BCUT2D eigenvalue weighted by Crippen LogP contribution is 2.22. The molecule has 0 bridgehead atoms. The second kappa shape index (κ2) is 10.3. The third-order valence-corrected chi connectivity index (χ3v) is 5.35. The minimum absolute atomic E-state index is 0.205. The summed E-state index contributed by atoms with van der Waals surface area (Å²) in [6, 6.07) is 8.41. The first-order chi connectivity index (χ1) is 12.9. The lowest BCUT2D eigenvalue weighted by atomic mass is 10.1. The second-order valence-electron chi connectivity index (χ2n) is 6.57. The molecule has 2 N–H and O–H groups in total. The number of likely N-dealkylation sites (N-methyl/N-ethyl adjacent to an activating group) is 1. The summed E-state index contributed by atoms with van der Waals surface area (Å²) in [6.45, 7) is 8.35. The fourth-order valence-corrected chi connectivity index (χ4v) is 3.72. The SMILES string of the molecule is CCNC(=NCc1sc(C)nc1C)NCC(c1cccc(OC)c1)N(C)C. The Kier molecular flexibility index (Phi) is 8.06. The smallest absolute Gasteiger partial charge is 0.191 e. The number of thiazole rings is 1. The number of aryl methyl sites for hydroxylation is 2. The van der Waals surface area contributed by atoms with E-state index in [1.807, 2.05) is 26.0 Å². The van der Waals surface area contributed by atoms with Crippen LogP contribution in [-0.2, 0) is 6.54 Å². The summed E-state index contributed by atoms with van der Waals surface area (Å²) >= 11 is 1.71. The average Bonchev–Trinajstić information content (AvgIpc) is 2.97. The van der Waals surface area contributed by atoms with Crippen molar-refractivity contribution in [3.8, 4) is 5.75 Å². The van der Waals surface area contributed by atoms with Gasteiger partial charge in [0.05, 0.1) is 30.4 Å². The van der Waals surface area contributed by atoms with Crippen LogP contribution in [0.2, 0.25) is 0 Å². The number of nitrogens with one attached hydrogen (secondary N) is 2. The van der Waals surface area contributed by atoms with Gasteiger partial charge in [0.2, 0.25) is 0 Å². The molecule has 0 saturated carbocycles. The van der Waals surface area contributed by atoms with E-state index in [2.05, 4.69) is 53.7 Å². The molecule has 27 heavy (non-hydrogen) atoms. The second-order valence-corrected chi connectivity index (χ2v) is 7.86. The fraction of sp³-hybridized carbons (Fsp3) is 0.500. The highest BCUT2D eigenvalue weighted by atomic mass is 32.1. The number of hydrogen-bond acceptors (Lipinski definition) is 5. The van der Waals surface area contributed by atoms with Crippen molar-refractivity contribution in [3.63, 3.8) is 0 Å². The van der Waals surface area contributed by atoms with E-state index in [1.54, 1.807) is 18.4 Å². The number of ether oxygens (including phenoxy) is 1. The fourth-order valence-electron chi connectivity index (χ4n) is 2.85. The predicted octanol–water partition coefficient (Wildman–Crippen LogP) is 3.13. The molecule has 0 amide bonds. The minimum Gasteiger partial charge on any atom is -0.497 e. The van der Waals surface area contributed by atoms with Crippen LogP contribution in [0.1, 0.15) is 34.1 Å². The molecular formula is C20H31N5OS. The number of aliphatic imine (C=N–C) groups is 1. The molecule has 2 rings (SSSR count). The third-order valence-electron chi connectivity index (χ3n) is 4.29. The quantitative estimate of drug-likeness (QED) is 0.536. The normalized spacial score (nSPS) is 12.9. The number of methoxy groups -OCH3 is 1. The Morgan fingerprint density at radius 2 is 2.07 bits per heavy atom. The molecule has 0 radical (unpaired) electrons. The predicted molar refractivity (Wildman–Crippen MR) is 114 cm³/mol. The maximum Gasteiger partial charge on any atom is 0.191 e. The van der Waals surface area contributed by atoms with Gasteiger partial charge in [0.1, 0.15) is 5.75 Å². The van der Waals surface area contributed by atoms with Crippen molar-refractivity contribution in [3.05, 3.63) is 45.4 Å². The standard InChI is InChI=1S/C20H31N5OS/c1-7-21-20(23-13-19-14(2)24-15(3)27-19)22-12-18(25(4)5)16-9-8-10-17(11-16)26-6/h8-11,18H,7,12-13H2,1-6H3,(H2,21,22,23). The number of aromatic nitrogens is 1. The van der Waals surface area contributed by atoms with Crippen LogP contribution in [0.25, 0.3) is 0 Å². The van der Waals surface area contributed by atoms with Crippen molar-refractivity contribution in [1.82, 2.24) is 20.5 Å². The van der Waals surface area contributed by atoms with Crippen LogP contribution in [0.5, 0.6) is 5.75 Å². The zero-order valence-electron chi connectivity index (χ0n) is 17.2. The van der Waals surface area contributed by atoms with E-state index in [9.17, 15) is 0 Å². The Morgan fingerprint density at radius 1 is 1.30 bits per heavy atom. The van der Waals surface area contributed by atoms with E-state index in [-0.39, 0.29) is 6.04 Å². The minimum atomic E-state index is 0.205. The van der Waals surface area contributed by atoms with Crippen LogP contribution in [0.15, 0.2) is 29.3 Å². The van der Waals surface area contributed by atoms with Crippen molar-refractivity contribution in [2.45, 2.75) is 33.4 Å². The first-order valence-corrected chi connectivity index (χ1v) is 10.0. The summed E-state index contributed by atoms with van der Waals surface area (Å²) in [4.78, 5) is 12.6. The molecule has 7 heteroatoms. The molecule has 148 valence electrons. The number of guanidine groups is 1. The van der Waals surface area contributed by atoms with Crippen molar-refractivity contribution in [2.24, 2.45) is 4.99 Å². The average molecular weight is 390 g/mol. The maximum absolute atomic E-state index is 5.37. The molecule has 2 aromatic rings. The van der Waals surface area contributed by atoms with Crippen LogP contribution in [0.3, 0.4) is 0 Å². The van der Waals surface area contributed by atoms with Crippen molar-refractivity contribution < 1.29 is 4.74 Å². The molecule has 0 aliphatic carbocycles. The summed E-state index contributed by atoms with van der Waals surface area (Å²) in [7, 11) is 5.86. The van der Waals surface area contributed by atoms with Crippen molar-refractivity contribution in [2.75, 3.05) is 34.3 Å². The lowest BCUT2D eigenvalue weighted by molar-refractivity contribution is 0.297. The van der Waals surface area contributed by atoms with Crippen molar-refractivity contribution in [1.29, 1.82) is 0 Å². The van der Waals surface area contributed by atoms with Gasteiger partial charge in [0.15, 0.2) is 5.96 Å². The third kappa shape index (κ3) is 6.22. The summed E-state index contributed by atoms with van der Waals surface area (Å²) in [5.74, 6) is 1.69. The topological polar surface area (TPSA) is 61.8 Å². The number of nitrogens with zero attached hydrogens (tertiary/aromatic N) is 3. The molecule has 1 unspecified atom stereocenters. The van der Waals surface area contributed by atoms with Gasteiger partial charge in [-0.2, -0.15) is 0 Å². The molecule has 6 nitrogen and oxygen atoms in total. The van der Waals surface area contributed by atoms with Gasteiger partial charge in [-0.1, -0.05) is 12.1 Å². The zero-order valence-corrected chi connectivity index (χ0v) is 18.0. The Labute approximate surface area is 166 Å². The van der Waals surface area contributed by atoms with Gasteiger partial charge in [-0.15, -0.1) is 11.3 Å². The van der Waals surface area contributed by atoms with Gasteiger partial charge in [0, 0.05) is 18.0 Å². The Bertz CT molecular complexity index is 757. The van der Waals surface area contributed by atoms with Crippen LogP contribution < -0.4 is 15.4 Å². The maximum atomic E-state index is 5.37. The molecule has 0 aliphatic heterocycles. The van der Waals surface area contributed by atoms with Gasteiger partial charge in [-0.3, -0.25) is 0 Å². The lowest BCUT2D eigenvalue weighted by Crippen LogP contribution is -2.41. The summed E-state index contributed by atoms with van der Waals surface area (Å²) < 4.78 is 5.37. The van der Waals surface area contributed by atoms with E-state index < -0.39 is 0 Å². The molecule has 1 aromatic heterocycles. The van der Waals surface area contributed by atoms with Crippen LogP contribution in [0.4, 0.5) is 0 Å². The molecule has 0 aliphatic rings. The Morgan fingerprint density at radius 3 is 2.67 bits per heavy atom. The number of rotatable bonds is 8. The number of hydrogen-bond donors (Lipinski definition) is 2. The van der Waals surface area contributed by atoms with E-state index in [1.165, 1.54) is 10.4 Å². The van der Waals surface area contributed by atoms with Crippen LogP contribution in [-0.4, -0.2) is 50.1 Å². The van der Waals surface area contributed by atoms with E-state index in [4.69, 9.17) is 9.73 Å². The lowest BCUT2D eigenvalue weighted by Gasteiger charge is -2.26. The molecule has 1 heterocycles. The van der Waals surface area contributed by atoms with Gasteiger partial charge in [0.25, 0.3) is 0 Å². The van der Waals surface area contributed by atoms with Gasteiger partial charge in [-0.05, 0) is 52.6 Å². The zero-order chi connectivity index (χ0) is 19.8. The van der Waals surface area contributed by atoms with E-state index in [0.29, 0.717) is 6.54 Å². The highest BCUT2D eigenvalue weighted by Gasteiger charge is 2.15. The molecular weight excluding hydrogens is 358 g/mol. The van der Waals surface area contributed by atoms with Crippen LogP contribution in [0, 0.1) is 13.8 Å². The van der Waals surface area contributed by atoms with Gasteiger partial charge >= 0.3 is 0 Å². The van der Waals surface area contributed by atoms with Gasteiger partial charge < -0.3 is 20.3 Å². The van der Waals surface area contributed by atoms with E-state index >= 15 is 0 Å². The number of benzene rings is 1. The Balaban J connectivity index is 2.09. The first kappa shape index (κ1) is 21.2. The van der Waals surface area contributed by atoms with Crippen molar-refractivity contribution >= 4 is 17.3 Å². The molecule has 0 fully saturated rings. The summed E-state index contributed by atoms with van der Waals surface area (Å²) in [5, 5.41) is 7.89. The molecule has 0 spiro atoms. The molecule has 1 atom stereocenters. The summed E-state index contributed by atoms with van der Waals surface area (Å²) in [5.41, 5.74) is 2.27. The first-order valence-electron chi connectivity index (χ1n) is 9.20. The molecule has 1 aromatic carbocycles.